The van der Waals surface area contributed by atoms with Gasteiger partial charge in [0, 0.05) is 58.1 Å². The SMILES string of the molecule is Cc1cc(-c2c(C)cc(CC(C)C)c3c2Cc2ccccc2-3)[n+](C)cc1C.Cc1cc(-c2c(C)ccc3c2Cc2c(CC(C)(C)C)cccc2-3)[n+](C)cc1C.Cc1cc(-c2c(C)ccc3c2Cc2cc(CC(C)(C)C)ccc2-3)[n+](C)cc1C.Cc1cc(-c2c(C)ccc3c2Cc2ccc(CC(C)C)cc2-3)[n+](C)cc1C.Cc1cc(-c2c(C)ccc3c2Cc2cccc(CC(C)C)c2-3)[n+](C)cc1C. The van der Waals surface area contributed by atoms with Crippen molar-refractivity contribution in [3.63, 3.8) is 0 Å². The molecule has 5 heterocycles. The second-order valence-corrected chi connectivity index (χ2v) is 45.6. The average molecular weight is 1810 g/mol. The predicted octanol–water partition coefficient (Wildman–Crippen LogP) is 30.1. The van der Waals surface area contributed by atoms with Crippen LogP contribution in [0, 0.1) is 132 Å². The molecule has 702 valence electrons. The highest BCUT2D eigenvalue weighted by Crippen LogP contribution is 2.51. The maximum absolute atomic E-state index is 2.45. The highest BCUT2D eigenvalue weighted by Gasteiger charge is 2.36. The minimum Gasteiger partial charge on any atom is -0.201 e. The van der Waals surface area contributed by atoms with Gasteiger partial charge in [-0.3, -0.25) is 0 Å². The fourth-order valence-electron chi connectivity index (χ4n) is 23.2. The number of benzene rings is 10. The maximum atomic E-state index is 2.45. The summed E-state index contributed by atoms with van der Waals surface area (Å²) in [6.07, 6.45) is 22.2. The van der Waals surface area contributed by atoms with Crippen LogP contribution in [-0.2, 0) is 99.4 Å². The molecular weight excluding hydrogens is 1660 g/mol. The molecule has 0 saturated heterocycles. The Balaban J connectivity index is 0.000000124. The summed E-state index contributed by atoms with van der Waals surface area (Å²) in [4.78, 5) is 0. The Bertz CT molecular complexity index is 7290. The topological polar surface area (TPSA) is 19.4 Å². The molecule has 15 aromatic rings. The first kappa shape index (κ1) is 98.0. The molecule has 0 aliphatic heterocycles. The third-order valence-electron chi connectivity index (χ3n) is 30.2. The number of fused-ring (bicyclic) bond motifs is 15. The zero-order valence-corrected chi connectivity index (χ0v) is 89.2. The van der Waals surface area contributed by atoms with E-state index in [1.54, 1.807) is 0 Å². The van der Waals surface area contributed by atoms with E-state index in [0.29, 0.717) is 28.6 Å². The molecule has 0 amide bonds. The van der Waals surface area contributed by atoms with Crippen LogP contribution >= 0.6 is 0 Å². The summed E-state index contributed by atoms with van der Waals surface area (Å²) >= 11 is 0. The summed E-state index contributed by atoms with van der Waals surface area (Å²) in [5, 5.41) is 0. The fourth-order valence-corrected chi connectivity index (χ4v) is 23.2. The van der Waals surface area contributed by atoms with Crippen molar-refractivity contribution in [1.82, 2.24) is 0 Å². The number of hydrogen-bond donors (Lipinski definition) is 0. The average Bonchev–Trinajstić information content (AvgIpc) is 1.59. The minimum atomic E-state index is 0.295. The number of pyridine rings is 5. The van der Waals surface area contributed by atoms with Gasteiger partial charge < -0.3 is 0 Å². The number of nitrogens with zero attached hydrogens (tertiary/aromatic N) is 5. The molecule has 5 aliphatic carbocycles. The van der Waals surface area contributed by atoms with Crippen LogP contribution in [-0.4, -0.2) is 0 Å². The molecule has 0 radical (unpaired) electrons. The fraction of sp³-hybridized carbons (Fsp3) is 0.356. The molecule has 0 fully saturated rings. The smallest absolute Gasteiger partial charge is 0.201 e. The van der Waals surface area contributed by atoms with Crippen LogP contribution < -0.4 is 22.8 Å². The van der Waals surface area contributed by atoms with Crippen LogP contribution in [0.3, 0.4) is 0 Å². The molecule has 0 N–H and O–H groups in total. The normalized spacial score (nSPS) is 12.6. The summed E-state index contributed by atoms with van der Waals surface area (Å²) in [5.74, 6) is 2.01. The van der Waals surface area contributed by atoms with Crippen LogP contribution in [0.4, 0.5) is 0 Å². The Kier molecular flexibility index (Phi) is 28.0. The lowest BCUT2D eigenvalue weighted by Crippen LogP contribution is -2.32. The van der Waals surface area contributed by atoms with Crippen molar-refractivity contribution in [3.8, 4) is 112 Å². The second kappa shape index (κ2) is 39.1. The number of aryl methyl sites for hydroxylation is 20. The van der Waals surface area contributed by atoms with Crippen molar-refractivity contribution >= 4 is 0 Å². The molecular formula is C132H154N5+5. The van der Waals surface area contributed by atoms with Crippen molar-refractivity contribution in [2.24, 2.45) is 63.8 Å². The lowest BCUT2D eigenvalue weighted by atomic mass is 9.85. The van der Waals surface area contributed by atoms with Crippen molar-refractivity contribution in [2.45, 2.75) is 251 Å². The second-order valence-electron chi connectivity index (χ2n) is 45.6. The molecule has 5 aromatic heterocycles. The molecule has 0 bridgehead atoms. The molecule has 5 nitrogen and oxygen atoms in total. The Labute approximate surface area is 824 Å². The molecule has 0 spiro atoms. The first-order valence-corrected chi connectivity index (χ1v) is 50.9. The van der Waals surface area contributed by atoms with Gasteiger partial charge in [0.05, 0.1) is 27.8 Å². The van der Waals surface area contributed by atoms with Gasteiger partial charge in [0.2, 0.25) is 28.5 Å². The summed E-state index contributed by atoms with van der Waals surface area (Å²) < 4.78 is 11.5. The third kappa shape index (κ3) is 20.1. The monoisotopic (exact) mass is 1810 g/mol. The lowest BCUT2D eigenvalue weighted by molar-refractivity contribution is -0.660. The van der Waals surface area contributed by atoms with Crippen LogP contribution in [0.15, 0.2) is 213 Å². The van der Waals surface area contributed by atoms with Crippen LogP contribution in [0.1, 0.15) is 250 Å². The van der Waals surface area contributed by atoms with Crippen molar-refractivity contribution in [2.75, 3.05) is 0 Å². The van der Waals surface area contributed by atoms with Gasteiger partial charge in [-0.2, -0.15) is 0 Å². The molecule has 10 aromatic carbocycles. The van der Waals surface area contributed by atoms with Gasteiger partial charge in [-0.1, -0.05) is 235 Å². The summed E-state index contributed by atoms with van der Waals surface area (Å²) in [6.45, 7) is 61.1. The largest absolute Gasteiger partial charge is 0.213 e. The minimum absolute atomic E-state index is 0.295. The van der Waals surface area contributed by atoms with E-state index in [4.69, 9.17) is 0 Å². The Morgan fingerprint density at radius 3 is 1.03 bits per heavy atom. The summed E-state index contributed by atoms with van der Waals surface area (Å²) in [5.41, 5.74) is 71.5. The quantitative estimate of drug-likeness (QED) is 0.103. The first-order chi connectivity index (χ1) is 64.9. The van der Waals surface area contributed by atoms with Crippen LogP contribution in [0.5, 0.6) is 0 Å². The molecule has 0 unspecified atom stereocenters. The van der Waals surface area contributed by atoms with Gasteiger partial charge in [-0.15, -0.1) is 0 Å². The van der Waals surface area contributed by atoms with Crippen molar-refractivity contribution in [3.05, 3.63) is 380 Å². The maximum Gasteiger partial charge on any atom is 0.213 e. The van der Waals surface area contributed by atoms with Gasteiger partial charge in [0.15, 0.2) is 31.0 Å². The number of hydrogen-bond acceptors (Lipinski definition) is 0. The molecule has 0 atom stereocenters. The van der Waals surface area contributed by atoms with E-state index in [0.717, 1.165) is 64.2 Å². The number of rotatable bonds is 13. The molecule has 5 aliphatic rings. The van der Waals surface area contributed by atoms with Gasteiger partial charge in [0.1, 0.15) is 35.2 Å². The highest BCUT2D eigenvalue weighted by molar-refractivity contribution is 5.92. The predicted molar refractivity (Wildman–Crippen MR) is 579 cm³/mol. The summed E-state index contributed by atoms with van der Waals surface area (Å²) in [7, 11) is 10.9. The van der Waals surface area contributed by atoms with Gasteiger partial charge in [0.25, 0.3) is 0 Å². The van der Waals surface area contributed by atoms with E-state index in [1.807, 2.05) is 0 Å². The highest BCUT2D eigenvalue weighted by atomic mass is 14.9. The Morgan fingerprint density at radius 2 is 0.562 bits per heavy atom. The lowest BCUT2D eigenvalue weighted by Gasteiger charge is -2.20. The molecule has 0 saturated carbocycles. The van der Waals surface area contributed by atoms with E-state index >= 15 is 0 Å². The van der Waals surface area contributed by atoms with Gasteiger partial charge >= 0.3 is 0 Å². The Hall–Kier alpha value is -12.1. The first-order valence-electron chi connectivity index (χ1n) is 50.9. The van der Waals surface area contributed by atoms with Crippen LogP contribution in [0.2, 0.25) is 0 Å². The van der Waals surface area contributed by atoms with Crippen molar-refractivity contribution in [1.29, 1.82) is 0 Å². The van der Waals surface area contributed by atoms with E-state index in [-0.39, 0.29) is 0 Å². The van der Waals surface area contributed by atoms with Crippen LogP contribution in [0.25, 0.3) is 112 Å². The third-order valence-corrected chi connectivity index (χ3v) is 30.2. The molecule has 137 heavy (non-hydrogen) atoms. The van der Waals surface area contributed by atoms with E-state index in [1.165, 1.54) is 279 Å². The van der Waals surface area contributed by atoms with E-state index in [9.17, 15) is 0 Å². The van der Waals surface area contributed by atoms with E-state index < -0.39 is 0 Å². The standard InChI is InChI=1S/2C27H32N.3C26H30N/c1-17-8-10-23-22-11-9-20(15-27(4,5)6)13-21(22)14-24(23)26(17)25-12-18(2)19(3)16-28(25)7;1-17-11-12-22-21-10-8-9-20(15-27(4,5)6)23(21)14-24(22)26(17)25-13-18(2)19(3)16-28(25)7;1-16(2)11-20-8-9-21-14-24-22(23(21)13-20)10-7-17(3)26(24)25-12-18(4)19(5)15-27(25)6;1-16(2)12-20-8-7-9-21-14-23-22(26(20)21)11-10-17(3)25(23)24-13-18(4)19(5)15-27(24)6;1-16(2)11-21-12-18(4)25(24-13-17(3)19(5)15-27(24)6)23-14-20-9-7-8-10-22(20)26(21)23/h2*8-13,16H,14-15H2,1-7H3;7-10,12-13,15-16H,11,14H2,1-6H3;7-11,13,15-16H,12,14H2,1-6H3;7-10,12-13,15-16H,11,14H2,1-6H3/q5*+1. The van der Waals surface area contributed by atoms with E-state index in [2.05, 4.69) is 458 Å². The Morgan fingerprint density at radius 1 is 0.219 bits per heavy atom. The molecule has 20 rings (SSSR count). The van der Waals surface area contributed by atoms with Gasteiger partial charge in [-0.05, 0) is 391 Å². The number of aromatic nitrogens is 5. The molecule has 5 heteroatoms. The summed E-state index contributed by atoms with van der Waals surface area (Å²) in [6, 6.07) is 69.8. The zero-order valence-electron chi connectivity index (χ0n) is 89.2. The van der Waals surface area contributed by atoms with Crippen molar-refractivity contribution < 1.29 is 22.8 Å². The zero-order chi connectivity index (χ0) is 98.3. The van der Waals surface area contributed by atoms with Gasteiger partial charge in [-0.25, -0.2) is 22.8 Å².